The average Bonchev–Trinajstić information content (AvgIpc) is 3.10. The standard InChI is InChI=1S/C18H19FN4O/c19-18-14(13-24)2-1-3-16(18)22-10-8-21(9-11-22)15-4-5-17-20-6-7-23(17)12-15/h1-7,12,24H,8-11,13H2. The van der Waals surface area contributed by atoms with Gasteiger partial charge in [-0.2, -0.15) is 0 Å². The van der Waals surface area contributed by atoms with Crippen LogP contribution in [0.4, 0.5) is 15.8 Å². The van der Waals surface area contributed by atoms with Gasteiger partial charge in [-0.05, 0) is 18.2 Å². The van der Waals surface area contributed by atoms with Crippen LogP contribution in [0.3, 0.4) is 0 Å². The minimum atomic E-state index is -0.312. The molecule has 0 unspecified atom stereocenters. The van der Waals surface area contributed by atoms with Crippen LogP contribution in [0.2, 0.25) is 0 Å². The second kappa shape index (κ2) is 6.13. The Hall–Kier alpha value is -2.60. The maximum Gasteiger partial charge on any atom is 0.151 e. The van der Waals surface area contributed by atoms with E-state index in [0.29, 0.717) is 11.3 Å². The molecule has 0 aliphatic carbocycles. The first-order chi connectivity index (χ1) is 11.8. The lowest BCUT2D eigenvalue weighted by Crippen LogP contribution is -2.47. The van der Waals surface area contributed by atoms with Crippen molar-refractivity contribution in [2.24, 2.45) is 0 Å². The van der Waals surface area contributed by atoms with Gasteiger partial charge in [0.1, 0.15) is 5.65 Å². The van der Waals surface area contributed by atoms with Crippen LogP contribution < -0.4 is 9.80 Å². The molecule has 0 amide bonds. The van der Waals surface area contributed by atoms with Gasteiger partial charge in [-0.25, -0.2) is 9.37 Å². The van der Waals surface area contributed by atoms with Gasteiger partial charge in [-0.3, -0.25) is 0 Å². The predicted molar refractivity (Wildman–Crippen MR) is 91.9 cm³/mol. The number of aliphatic hydroxyl groups is 1. The third kappa shape index (κ3) is 2.59. The number of rotatable bonds is 3. The van der Waals surface area contributed by atoms with E-state index >= 15 is 0 Å². The molecule has 1 aliphatic rings. The summed E-state index contributed by atoms with van der Waals surface area (Å²) >= 11 is 0. The minimum Gasteiger partial charge on any atom is -0.392 e. The van der Waals surface area contributed by atoms with Crippen LogP contribution in [-0.4, -0.2) is 40.7 Å². The van der Waals surface area contributed by atoms with Crippen molar-refractivity contribution >= 4 is 17.0 Å². The van der Waals surface area contributed by atoms with Crippen LogP contribution in [0.25, 0.3) is 5.65 Å². The molecule has 1 N–H and O–H groups in total. The highest BCUT2D eigenvalue weighted by molar-refractivity contribution is 5.55. The van der Waals surface area contributed by atoms with E-state index in [1.54, 1.807) is 24.4 Å². The van der Waals surface area contributed by atoms with E-state index in [0.717, 1.165) is 37.5 Å². The summed E-state index contributed by atoms with van der Waals surface area (Å²) in [4.78, 5) is 8.59. The number of nitrogens with zero attached hydrogens (tertiary/aromatic N) is 4. The van der Waals surface area contributed by atoms with E-state index in [4.69, 9.17) is 0 Å². The Morgan fingerprint density at radius 3 is 2.62 bits per heavy atom. The van der Waals surface area contributed by atoms with E-state index in [1.165, 1.54) is 0 Å². The Labute approximate surface area is 139 Å². The Morgan fingerprint density at radius 1 is 1.04 bits per heavy atom. The molecule has 24 heavy (non-hydrogen) atoms. The van der Waals surface area contributed by atoms with Crippen LogP contribution in [0.15, 0.2) is 48.9 Å². The Kier molecular flexibility index (Phi) is 3.82. The van der Waals surface area contributed by atoms with Gasteiger partial charge in [-0.15, -0.1) is 0 Å². The van der Waals surface area contributed by atoms with Crippen LogP contribution in [0.1, 0.15) is 5.56 Å². The van der Waals surface area contributed by atoms with Crippen molar-refractivity contribution in [3.63, 3.8) is 0 Å². The molecule has 6 heteroatoms. The first-order valence-corrected chi connectivity index (χ1v) is 8.07. The largest absolute Gasteiger partial charge is 0.392 e. The smallest absolute Gasteiger partial charge is 0.151 e. The molecule has 3 heterocycles. The normalized spacial score (nSPS) is 15.2. The molecule has 4 rings (SSSR count). The van der Waals surface area contributed by atoms with Crippen molar-refractivity contribution in [1.29, 1.82) is 0 Å². The molecular formula is C18H19FN4O. The number of anilines is 2. The van der Waals surface area contributed by atoms with Crippen molar-refractivity contribution in [2.75, 3.05) is 36.0 Å². The molecule has 1 aliphatic heterocycles. The molecule has 0 radical (unpaired) electrons. The zero-order chi connectivity index (χ0) is 16.5. The van der Waals surface area contributed by atoms with Gasteiger partial charge in [0.05, 0.1) is 18.0 Å². The Bertz CT molecular complexity index is 855. The monoisotopic (exact) mass is 326 g/mol. The molecule has 0 spiro atoms. The maximum absolute atomic E-state index is 14.4. The Morgan fingerprint density at radius 2 is 1.83 bits per heavy atom. The number of imidazole rings is 1. The summed E-state index contributed by atoms with van der Waals surface area (Å²) < 4.78 is 16.4. The fourth-order valence-electron chi connectivity index (χ4n) is 3.23. The third-order valence-corrected chi connectivity index (χ3v) is 4.59. The van der Waals surface area contributed by atoms with Crippen molar-refractivity contribution in [1.82, 2.24) is 9.38 Å². The maximum atomic E-state index is 14.4. The number of fused-ring (bicyclic) bond motifs is 1. The van der Waals surface area contributed by atoms with Gasteiger partial charge >= 0.3 is 0 Å². The minimum absolute atomic E-state index is 0.273. The molecule has 1 saturated heterocycles. The lowest BCUT2D eigenvalue weighted by Gasteiger charge is -2.37. The van der Waals surface area contributed by atoms with Crippen LogP contribution in [-0.2, 0) is 6.61 Å². The van der Waals surface area contributed by atoms with Crippen molar-refractivity contribution in [3.05, 3.63) is 60.3 Å². The summed E-state index contributed by atoms with van der Waals surface area (Å²) in [5, 5.41) is 9.23. The SMILES string of the molecule is OCc1cccc(N2CCN(c3ccc4nccn4c3)CC2)c1F. The predicted octanol–water partition coefficient (Wildman–Crippen LogP) is 2.29. The van der Waals surface area contributed by atoms with Crippen molar-refractivity contribution in [2.45, 2.75) is 6.61 Å². The fourth-order valence-corrected chi connectivity index (χ4v) is 3.23. The van der Waals surface area contributed by atoms with E-state index in [1.807, 2.05) is 21.6 Å². The second-order valence-electron chi connectivity index (χ2n) is 5.96. The zero-order valence-corrected chi connectivity index (χ0v) is 13.3. The first kappa shape index (κ1) is 15.0. The highest BCUT2D eigenvalue weighted by Gasteiger charge is 2.21. The number of hydrogen-bond acceptors (Lipinski definition) is 4. The second-order valence-corrected chi connectivity index (χ2v) is 5.96. The first-order valence-electron chi connectivity index (χ1n) is 8.07. The summed E-state index contributed by atoms with van der Waals surface area (Å²) in [5.74, 6) is -0.312. The van der Waals surface area contributed by atoms with Crippen LogP contribution in [0, 0.1) is 5.82 Å². The molecular weight excluding hydrogens is 307 g/mol. The molecule has 0 saturated carbocycles. The molecule has 2 aromatic heterocycles. The van der Waals surface area contributed by atoms with E-state index in [2.05, 4.69) is 22.1 Å². The third-order valence-electron chi connectivity index (χ3n) is 4.59. The van der Waals surface area contributed by atoms with E-state index in [-0.39, 0.29) is 12.4 Å². The Balaban J connectivity index is 1.50. The molecule has 5 nitrogen and oxygen atoms in total. The van der Waals surface area contributed by atoms with E-state index in [9.17, 15) is 9.50 Å². The number of benzene rings is 1. The summed E-state index contributed by atoms with van der Waals surface area (Å²) in [6, 6.07) is 9.28. The molecule has 3 aromatic rings. The summed E-state index contributed by atoms with van der Waals surface area (Å²) in [6.07, 6.45) is 5.80. The quantitative estimate of drug-likeness (QED) is 0.802. The zero-order valence-electron chi connectivity index (χ0n) is 13.3. The number of aromatic nitrogens is 2. The molecule has 0 bridgehead atoms. The average molecular weight is 326 g/mol. The number of piperazine rings is 1. The van der Waals surface area contributed by atoms with Crippen LogP contribution in [0.5, 0.6) is 0 Å². The van der Waals surface area contributed by atoms with Gasteiger partial charge in [0.2, 0.25) is 0 Å². The number of aliphatic hydroxyl groups excluding tert-OH is 1. The summed E-state index contributed by atoms with van der Waals surface area (Å²) in [5.41, 5.74) is 3.00. The molecule has 0 atom stereocenters. The number of hydrogen-bond donors (Lipinski definition) is 1. The summed E-state index contributed by atoms with van der Waals surface area (Å²) in [6.45, 7) is 2.86. The number of halogens is 1. The fraction of sp³-hybridized carbons (Fsp3) is 0.278. The van der Waals surface area contributed by atoms with Gasteiger partial charge in [0.15, 0.2) is 5.82 Å². The van der Waals surface area contributed by atoms with Gasteiger partial charge < -0.3 is 19.3 Å². The lowest BCUT2D eigenvalue weighted by atomic mass is 10.1. The van der Waals surface area contributed by atoms with Crippen LogP contribution >= 0.6 is 0 Å². The highest BCUT2D eigenvalue weighted by Crippen LogP contribution is 2.25. The summed E-state index contributed by atoms with van der Waals surface area (Å²) in [7, 11) is 0. The molecule has 1 aromatic carbocycles. The van der Waals surface area contributed by atoms with E-state index < -0.39 is 0 Å². The lowest BCUT2D eigenvalue weighted by molar-refractivity contribution is 0.276. The molecule has 124 valence electrons. The van der Waals surface area contributed by atoms with Gasteiger partial charge in [0.25, 0.3) is 0 Å². The van der Waals surface area contributed by atoms with Gasteiger partial charge in [-0.1, -0.05) is 12.1 Å². The topological polar surface area (TPSA) is 44.0 Å². The van der Waals surface area contributed by atoms with Crippen molar-refractivity contribution < 1.29 is 9.50 Å². The highest BCUT2D eigenvalue weighted by atomic mass is 19.1. The van der Waals surface area contributed by atoms with Crippen molar-refractivity contribution in [3.8, 4) is 0 Å². The van der Waals surface area contributed by atoms with Gasteiger partial charge in [0, 0.05) is 50.3 Å². The molecule has 1 fully saturated rings. The number of pyridine rings is 1.